The maximum Gasteiger partial charge on any atom is 0.154 e. The first-order valence-corrected chi connectivity index (χ1v) is 3.18. The minimum absolute atomic E-state index is 0.665. The lowest BCUT2D eigenvalue weighted by Gasteiger charge is -1.95. The van der Waals surface area contributed by atoms with Crippen LogP contribution in [-0.4, -0.2) is 10.3 Å². The van der Waals surface area contributed by atoms with Crippen LogP contribution in [0.4, 0.5) is 0 Å². The van der Waals surface area contributed by atoms with E-state index in [9.17, 15) is 0 Å². The summed E-state index contributed by atoms with van der Waals surface area (Å²) in [6, 6.07) is 0. The average Bonchev–Trinajstić information content (AvgIpc) is 2.15. The number of nitrogens with one attached hydrogen (secondary N) is 1. The van der Waals surface area contributed by atoms with Crippen molar-refractivity contribution in [1.29, 1.82) is 0 Å². The molecule has 0 radical (unpaired) electrons. The van der Waals surface area contributed by atoms with Crippen LogP contribution in [-0.2, 0) is 6.54 Å². The molecule has 9 heavy (non-hydrogen) atoms. The molecule has 0 aliphatic rings. The number of aromatic amines is 1. The second kappa shape index (κ2) is 2.62. The molecule has 1 heterocycles. The van der Waals surface area contributed by atoms with Crippen molar-refractivity contribution in [2.75, 3.05) is 0 Å². The van der Waals surface area contributed by atoms with Crippen LogP contribution >= 0.6 is 0 Å². The molecule has 0 atom stereocenters. The Morgan fingerprint density at radius 3 is 2.89 bits per heavy atom. The fourth-order valence-corrected chi connectivity index (χ4v) is 0.736. The zero-order valence-electron chi connectivity index (χ0n) is 5.83. The lowest BCUT2D eigenvalue weighted by molar-refractivity contribution is -0.758. The van der Waals surface area contributed by atoms with Crippen LogP contribution in [0.2, 0.25) is 0 Å². The second-order valence-corrected chi connectivity index (χ2v) is 2.56. The quantitative estimate of drug-likeness (QED) is 0.570. The van der Waals surface area contributed by atoms with E-state index < -0.39 is 0 Å². The van der Waals surface area contributed by atoms with Gasteiger partial charge in [0.15, 0.2) is 12.4 Å². The molecule has 0 aliphatic heterocycles. The van der Waals surface area contributed by atoms with Gasteiger partial charge in [0.1, 0.15) is 6.54 Å². The van der Waals surface area contributed by atoms with E-state index >= 15 is 0 Å². The molecule has 1 rings (SSSR count). The molecule has 0 bridgehead atoms. The van der Waals surface area contributed by atoms with Gasteiger partial charge in [0.25, 0.3) is 0 Å². The minimum Gasteiger partial charge on any atom is -0.151 e. The Bertz CT molecular complexity index is 155. The van der Waals surface area contributed by atoms with E-state index in [1.807, 2.05) is 17.1 Å². The highest BCUT2D eigenvalue weighted by Gasteiger charge is 2.00. The Morgan fingerprint density at radius 2 is 2.44 bits per heavy atom. The number of rotatable bonds is 2. The first-order valence-electron chi connectivity index (χ1n) is 3.18. The van der Waals surface area contributed by atoms with Crippen LogP contribution in [0, 0.1) is 5.92 Å². The van der Waals surface area contributed by atoms with Gasteiger partial charge in [0.05, 0.1) is 5.21 Å². The van der Waals surface area contributed by atoms with Gasteiger partial charge in [0, 0.05) is 0 Å². The molecule has 0 aliphatic carbocycles. The van der Waals surface area contributed by atoms with Crippen molar-refractivity contribution in [1.82, 2.24) is 10.3 Å². The SMILES string of the molecule is CC(C)C[n+]1cc[nH]n1. The van der Waals surface area contributed by atoms with E-state index in [0.29, 0.717) is 5.92 Å². The van der Waals surface area contributed by atoms with E-state index in [-0.39, 0.29) is 0 Å². The number of hydrogen-bond donors (Lipinski definition) is 1. The third-order valence-electron chi connectivity index (χ3n) is 1.06. The van der Waals surface area contributed by atoms with E-state index in [1.165, 1.54) is 0 Å². The summed E-state index contributed by atoms with van der Waals surface area (Å²) in [5.74, 6) is 0.665. The molecular formula is C6H12N3+. The number of hydrogen-bond acceptors (Lipinski definition) is 1. The van der Waals surface area contributed by atoms with Crippen LogP contribution in [0.1, 0.15) is 13.8 Å². The smallest absolute Gasteiger partial charge is 0.151 e. The molecular weight excluding hydrogens is 114 g/mol. The van der Waals surface area contributed by atoms with Crippen molar-refractivity contribution in [2.24, 2.45) is 5.92 Å². The van der Waals surface area contributed by atoms with Gasteiger partial charge >= 0.3 is 0 Å². The summed E-state index contributed by atoms with van der Waals surface area (Å²) in [7, 11) is 0. The molecule has 3 nitrogen and oxygen atoms in total. The van der Waals surface area contributed by atoms with E-state index in [1.54, 1.807) is 0 Å². The predicted molar refractivity (Wildman–Crippen MR) is 33.6 cm³/mol. The van der Waals surface area contributed by atoms with Crippen LogP contribution in [0.5, 0.6) is 0 Å². The van der Waals surface area contributed by atoms with Crippen molar-refractivity contribution in [2.45, 2.75) is 20.4 Å². The third kappa shape index (κ3) is 1.83. The third-order valence-corrected chi connectivity index (χ3v) is 1.06. The first kappa shape index (κ1) is 6.26. The highest BCUT2D eigenvalue weighted by molar-refractivity contribution is 4.48. The molecule has 0 saturated heterocycles. The maximum atomic E-state index is 3.95. The van der Waals surface area contributed by atoms with Crippen molar-refractivity contribution in [3.63, 3.8) is 0 Å². The molecule has 0 amide bonds. The predicted octanol–water partition coefficient (Wildman–Crippen LogP) is 0.353. The molecule has 0 saturated carbocycles. The topological polar surface area (TPSA) is 32.6 Å². The highest BCUT2D eigenvalue weighted by Crippen LogP contribution is 1.87. The normalized spacial score (nSPS) is 10.6. The molecule has 0 unspecified atom stereocenters. The van der Waals surface area contributed by atoms with E-state index in [4.69, 9.17) is 0 Å². The Labute approximate surface area is 54.7 Å². The maximum absolute atomic E-state index is 3.95. The Kier molecular flexibility index (Phi) is 1.82. The molecule has 3 heteroatoms. The molecule has 0 aromatic carbocycles. The Hall–Kier alpha value is -0.860. The van der Waals surface area contributed by atoms with Crippen molar-refractivity contribution < 1.29 is 4.68 Å². The number of aromatic nitrogens is 3. The molecule has 1 aromatic heterocycles. The largest absolute Gasteiger partial charge is 0.154 e. The van der Waals surface area contributed by atoms with Gasteiger partial charge in [-0.15, -0.1) is 4.68 Å². The summed E-state index contributed by atoms with van der Waals surface area (Å²) in [6.07, 6.45) is 3.75. The molecule has 0 fully saturated rings. The summed E-state index contributed by atoms with van der Waals surface area (Å²) in [4.78, 5) is 0. The highest BCUT2D eigenvalue weighted by atomic mass is 15.4. The van der Waals surface area contributed by atoms with Crippen LogP contribution in [0.15, 0.2) is 12.4 Å². The van der Waals surface area contributed by atoms with E-state index in [2.05, 4.69) is 24.2 Å². The monoisotopic (exact) mass is 126 g/mol. The van der Waals surface area contributed by atoms with Gasteiger partial charge < -0.3 is 0 Å². The average molecular weight is 126 g/mol. The lowest BCUT2D eigenvalue weighted by atomic mass is 10.2. The Balaban J connectivity index is 2.48. The molecule has 1 N–H and O–H groups in total. The molecule has 0 spiro atoms. The van der Waals surface area contributed by atoms with Crippen LogP contribution < -0.4 is 4.68 Å². The summed E-state index contributed by atoms with van der Waals surface area (Å²) in [5, 5.41) is 6.70. The standard InChI is InChI=1S/C6H11N3/c1-6(2)5-9-4-3-7-8-9/h3-4,6H,5H2,1-2H3/p+1. The van der Waals surface area contributed by atoms with Crippen molar-refractivity contribution in [3.8, 4) is 0 Å². The van der Waals surface area contributed by atoms with Crippen LogP contribution in [0.25, 0.3) is 0 Å². The van der Waals surface area contributed by atoms with Gasteiger partial charge in [-0.25, -0.2) is 0 Å². The molecule has 1 aromatic rings. The summed E-state index contributed by atoms with van der Waals surface area (Å²) >= 11 is 0. The first-order chi connectivity index (χ1) is 4.29. The fourth-order valence-electron chi connectivity index (χ4n) is 0.736. The number of nitrogens with zero attached hydrogens (tertiary/aromatic N) is 2. The second-order valence-electron chi connectivity index (χ2n) is 2.56. The number of H-pyrrole nitrogens is 1. The zero-order valence-corrected chi connectivity index (χ0v) is 5.83. The summed E-state index contributed by atoms with van der Waals surface area (Å²) < 4.78 is 1.89. The van der Waals surface area contributed by atoms with Crippen molar-refractivity contribution in [3.05, 3.63) is 12.4 Å². The van der Waals surface area contributed by atoms with Gasteiger partial charge in [-0.05, 0) is 5.92 Å². The lowest BCUT2D eigenvalue weighted by Crippen LogP contribution is -2.37. The van der Waals surface area contributed by atoms with Gasteiger partial charge in [0.2, 0.25) is 0 Å². The van der Waals surface area contributed by atoms with Gasteiger partial charge in [-0.2, -0.15) is 5.10 Å². The van der Waals surface area contributed by atoms with E-state index in [0.717, 1.165) is 6.54 Å². The summed E-state index contributed by atoms with van der Waals surface area (Å²) in [6.45, 7) is 5.33. The van der Waals surface area contributed by atoms with Crippen molar-refractivity contribution >= 4 is 0 Å². The molecule has 50 valence electrons. The van der Waals surface area contributed by atoms with Crippen LogP contribution in [0.3, 0.4) is 0 Å². The minimum atomic E-state index is 0.665. The zero-order chi connectivity index (χ0) is 6.69. The van der Waals surface area contributed by atoms with Gasteiger partial charge in [-0.3, -0.25) is 0 Å². The summed E-state index contributed by atoms with van der Waals surface area (Å²) in [5.41, 5.74) is 0. The fraction of sp³-hybridized carbons (Fsp3) is 0.667. The Morgan fingerprint density at radius 1 is 1.67 bits per heavy atom. The van der Waals surface area contributed by atoms with Gasteiger partial charge in [-0.1, -0.05) is 13.8 Å².